The Bertz CT molecular complexity index is 305. The van der Waals surface area contributed by atoms with Crippen LogP contribution in [-0.2, 0) is 14.3 Å². The first-order valence-electron chi connectivity index (χ1n) is 9.48. The molecule has 23 heavy (non-hydrogen) atoms. The zero-order valence-corrected chi connectivity index (χ0v) is 15.5. The van der Waals surface area contributed by atoms with Crippen molar-refractivity contribution < 1.29 is 14.3 Å². The summed E-state index contributed by atoms with van der Waals surface area (Å²) in [7, 11) is 1.69. The van der Waals surface area contributed by atoms with Crippen molar-refractivity contribution in [2.24, 2.45) is 0 Å². The lowest BCUT2D eigenvalue weighted by molar-refractivity contribution is -0.147. The van der Waals surface area contributed by atoms with Gasteiger partial charge < -0.3 is 10.1 Å². The minimum absolute atomic E-state index is 0.122. The molecule has 4 nitrogen and oxygen atoms in total. The molecule has 0 aromatic heterocycles. The number of amides is 1. The van der Waals surface area contributed by atoms with Crippen molar-refractivity contribution in [3.8, 4) is 0 Å². The van der Waals surface area contributed by atoms with Crippen molar-refractivity contribution in [1.29, 1.82) is 0 Å². The van der Waals surface area contributed by atoms with E-state index < -0.39 is 0 Å². The third-order valence-electron chi connectivity index (χ3n) is 4.17. The number of esters is 1. The molecule has 0 aliphatic rings. The number of ether oxygens (including phenoxy) is 1. The molecule has 4 heteroatoms. The van der Waals surface area contributed by atoms with E-state index in [1.807, 2.05) is 0 Å². The highest BCUT2D eigenvalue weighted by molar-refractivity contribution is 5.75. The van der Waals surface area contributed by atoms with Gasteiger partial charge in [-0.2, -0.15) is 0 Å². The Morgan fingerprint density at radius 2 is 1.39 bits per heavy atom. The summed E-state index contributed by atoms with van der Waals surface area (Å²) >= 11 is 0. The van der Waals surface area contributed by atoms with Gasteiger partial charge >= 0.3 is 5.97 Å². The van der Waals surface area contributed by atoms with Gasteiger partial charge in [-0.1, -0.05) is 58.3 Å². The van der Waals surface area contributed by atoms with Crippen molar-refractivity contribution in [3.63, 3.8) is 0 Å². The highest BCUT2D eigenvalue weighted by Crippen LogP contribution is 2.15. The fraction of sp³-hybridized carbons (Fsp3) is 0.895. The summed E-state index contributed by atoms with van der Waals surface area (Å²) in [6.07, 6.45) is 14.6. The maximum absolute atomic E-state index is 11.1. The largest absolute Gasteiger partial charge is 0.463 e. The van der Waals surface area contributed by atoms with Crippen molar-refractivity contribution in [2.75, 3.05) is 7.05 Å². The zero-order chi connectivity index (χ0) is 17.3. The quantitative estimate of drug-likeness (QED) is 0.349. The van der Waals surface area contributed by atoms with Gasteiger partial charge in [0.25, 0.3) is 0 Å². The number of rotatable bonds is 15. The molecule has 0 radical (unpaired) electrons. The van der Waals surface area contributed by atoms with Crippen molar-refractivity contribution in [2.45, 2.75) is 103 Å². The second-order valence-corrected chi connectivity index (χ2v) is 6.41. The summed E-state index contributed by atoms with van der Waals surface area (Å²) in [6, 6.07) is 0. The highest BCUT2D eigenvalue weighted by Gasteiger charge is 2.10. The zero-order valence-electron chi connectivity index (χ0n) is 15.5. The van der Waals surface area contributed by atoms with Gasteiger partial charge in [-0.3, -0.25) is 9.59 Å². The van der Waals surface area contributed by atoms with Crippen LogP contribution in [0, 0.1) is 0 Å². The van der Waals surface area contributed by atoms with Gasteiger partial charge in [0.15, 0.2) is 0 Å². The molecule has 0 heterocycles. The average Bonchev–Trinajstić information content (AvgIpc) is 2.53. The van der Waals surface area contributed by atoms with Crippen LogP contribution in [0.4, 0.5) is 0 Å². The van der Waals surface area contributed by atoms with Crippen molar-refractivity contribution in [1.82, 2.24) is 5.32 Å². The second-order valence-electron chi connectivity index (χ2n) is 6.41. The molecule has 0 saturated heterocycles. The number of hydrogen-bond acceptors (Lipinski definition) is 3. The van der Waals surface area contributed by atoms with Crippen LogP contribution in [0.25, 0.3) is 0 Å². The Balaban J connectivity index is 3.44. The molecule has 0 fully saturated rings. The van der Waals surface area contributed by atoms with Crippen LogP contribution >= 0.6 is 0 Å². The lowest BCUT2D eigenvalue weighted by atomic mass is 10.0. The second kappa shape index (κ2) is 15.8. The Labute approximate surface area is 142 Å². The van der Waals surface area contributed by atoms with Crippen LogP contribution < -0.4 is 5.32 Å². The maximum Gasteiger partial charge on any atom is 0.302 e. The van der Waals surface area contributed by atoms with E-state index in [4.69, 9.17) is 4.74 Å². The summed E-state index contributed by atoms with van der Waals surface area (Å²) in [4.78, 5) is 22.2. The van der Waals surface area contributed by atoms with E-state index in [0.717, 1.165) is 44.9 Å². The normalized spacial score (nSPS) is 12.0. The molecule has 0 aliphatic carbocycles. The third-order valence-corrected chi connectivity index (χ3v) is 4.17. The van der Waals surface area contributed by atoms with Gasteiger partial charge in [-0.25, -0.2) is 0 Å². The Hall–Kier alpha value is -1.06. The van der Waals surface area contributed by atoms with Gasteiger partial charge in [0, 0.05) is 20.4 Å². The number of nitrogens with one attached hydrogen (secondary N) is 1. The molecule has 136 valence electrons. The molecule has 0 rings (SSSR count). The van der Waals surface area contributed by atoms with E-state index in [9.17, 15) is 9.59 Å². The van der Waals surface area contributed by atoms with Crippen molar-refractivity contribution in [3.05, 3.63) is 0 Å². The number of unbranched alkanes of at least 4 members (excludes halogenated alkanes) is 8. The number of carbonyl (C=O) groups excluding carboxylic acids is 2. The van der Waals surface area contributed by atoms with E-state index >= 15 is 0 Å². The topological polar surface area (TPSA) is 55.4 Å². The van der Waals surface area contributed by atoms with Gasteiger partial charge in [0.1, 0.15) is 6.10 Å². The third kappa shape index (κ3) is 15.6. The monoisotopic (exact) mass is 327 g/mol. The van der Waals surface area contributed by atoms with Gasteiger partial charge in [0.05, 0.1) is 0 Å². The van der Waals surface area contributed by atoms with Crippen molar-refractivity contribution >= 4 is 11.9 Å². The molecular weight excluding hydrogens is 290 g/mol. The molecule has 0 bridgehead atoms. The van der Waals surface area contributed by atoms with E-state index in [-0.39, 0.29) is 18.0 Å². The maximum atomic E-state index is 11.1. The standard InChI is InChI=1S/C19H37NO3/c1-4-5-14-18(23-17(2)21)15-12-10-8-6-7-9-11-13-16-19(22)20-3/h18H,4-16H2,1-3H3,(H,20,22)/t18-/m1/s1. The van der Waals surface area contributed by atoms with Crippen LogP contribution in [0.5, 0.6) is 0 Å². The SMILES string of the molecule is CCCC[C@H](CCCCCCCCCCC(=O)NC)OC(C)=O. The molecular formula is C19H37NO3. The minimum Gasteiger partial charge on any atom is -0.463 e. The predicted octanol–water partition coefficient (Wildman–Crippen LogP) is 4.76. The summed E-state index contributed by atoms with van der Waals surface area (Å²) in [5, 5.41) is 2.65. The van der Waals surface area contributed by atoms with Gasteiger partial charge in [-0.15, -0.1) is 0 Å². The first-order valence-corrected chi connectivity index (χ1v) is 9.48. The molecule has 1 atom stereocenters. The van der Waals surface area contributed by atoms with E-state index in [2.05, 4.69) is 12.2 Å². The van der Waals surface area contributed by atoms with E-state index in [1.165, 1.54) is 39.0 Å². The number of carbonyl (C=O) groups is 2. The fourth-order valence-electron chi connectivity index (χ4n) is 2.77. The highest BCUT2D eigenvalue weighted by atomic mass is 16.5. The van der Waals surface area contributed by atoms with Crippen LogP contribution in [-0.4, -0.2) is 25.0 Å². The summed E-state index contributed by atoms with van der Waals surface area (Å²) in [5.74, 6) is -0.00161. The van der Waals surface area contributed by atoms with E-state index in [0.29, 0.717) is 6.42 Å². The Morgan fingerprint density at radius 3 is 1.91 bits per heavy atom. The van der Waals surface area contributed by atoms with Gasteiger partial charge in [0.2, 0.25) is 5.91 Å². The lowest BCUT2D eigenvalue weighted by Gasteiger charge is -2.16. The molecule has 1 amide bonds. The smallest absolute Gasteiger partial charge is 0.302 e. The predicted molar refractivity (Wildman–Crippen MR) is 95.3 cm³/mol. The summed E-state index contributed by atoms with van der Waals surface area (Å²) in [6.45, 7) is 3.67. The number of hydrogen-bond donors (Lipinski definition) is 1. The first kappa shape index (κ1) is 21.9. The molecule has 0 aliphatic heterocycles. The van der Waals surface area contributed by atoms with Crippen LogP contribution in [0.3, 0.4) is 0 Å². The summed E-state index contributed by atoms with van der Waals surface area (Å²) < 4.78 is 5.38. The molecule has 0 aromatic carbocycles. The first-order chi connectivity index (χ1) is 11.1. The Kier molecular flexibility index (Phi) is 15.1. The Morgan fingerprint density at radius 1 is 0.870 bits per heavy atom. The molecule has 0 aromatic rings. The fourth-order valence-corrected chi connectivity index (χ4v) is 2.77. The average molecular weight is 328 g/mol. The molecule has 0 unspecified atom stereocenters. The molecule has 0 saturated carbocycles. The lowest BCUT2D eigenvalue weighted by Crippen LogP contribution is -2.16. The van der Waals surface area contributed by atoms with E-state index in [1.54, 1.807) is 7.05 Å². The molecule has 1 N–H and O–H groups in total. The minimum atomic E-state index is -0.150. The summed E-state index contributed by atoms with van der Waals surface area (Å²) in [5.41, 5.74) is 0. The van der Waals surface area contributed by atoms with Gasteiger partial charge in [-0.05, 0) is 25.7 Å². The van der Waals surface area contributed by atoms with Crippen LogP contribution in [0.2, 0.25) is 0 Å². The van der Waals surface area contributed by atoms with Crippen LogP contribution in [0.15, 0.2) is 0 Å². The van der Waals surface area contributed by atoms with Crippen LogP contribution in [0.1, 0.15) is 97.3 Å². The molecule has 0 spiro atoms.